The summed E-state index contributed by atoms with van der Waals surface area (Å²) in [5.41, 5.74) is 6.02. The van der Waals surface area contributed by atoms with Gasteiger partial charge in [0.2, 0.25) is 0 Å². The van der Waals surface area contributed by atoms with Crippen molar-refractivity contribution in [3.05, 3.63) is 40.8 Å². The van der Waals surface area contributed by atoms with E-state index >= 15 is 0 Å². The summed E-state index contributed by atoms with van der Waals surface area (Å²) in [4.78, 5) is 37.4. The van der Waals surface area contributed by atoms with Gasteiger partial charge in [-0.05, 0) is 44.5 Å². The van der Waals surface area contributed by atoms with Gasteiger partial charge in [0.25, 0.3) is 5.91 Å². The monoisotopic (exact) mass is 403 g/mol. The summed E-state index contributed by atoms with van der Waals surface area (Å²) in [5, 5.41) is 16.1. The van der Waals surface area contributed by atoms with Crippen LogP contribution >= 0.6 is 0 Å². The number of halogens is 1. The van der Waals surface area contributed by atoms with Crippen molar-refractivity contribution >= 4 is 17.9 Å². The minimum absolute atomic E-state index is 0.0347. The maximum absolute atomic E-state index is 13.6. The average molecular weight is 403 g/mol. The summed E-state index contributed by atoms with van der Waals surface area (Å²) in [7, 11) is 0. The van der Waals surface area contributed by atoms with Gasteiger partial charge in [0.1, 0.15) is 17.1 Å². The Labute approximate surface area is 166 Å². The van der Waals surface area contributed by atoms with E-state index in [-0.39, 0.29) is 24.5 Å². The second-order valence-electron chi connectivity index (χ2n) is 7.50. The van der Waals surface area contributed by atoms with Crippen LogP contribution < -0.4 is 11.1 Å². The van der Waals surface area contributed by atoms with Crippen molar-refractivity contribution in [1.82, 2.24) is 20.0 Å². The fraction of sp³-hybridized carbons (Fsp3) is 0.368. The number of carbonyl (C=O) groups is 3. The number of nitrogens with zero attached hydrogens (tertiary/aromatic N) is 3. The lowest BCUT2D eigenvalue weighted by molar-refractivity contribution is -0.143. The SMILES string of the molecule is Cc1cc(-c2nn3c(c2C(N)=O)CN(C(=O)NC(C)(C)C(=O)O)CC3)ccc1F. The Morgan fingerprint density at radius 2 is 1.97 bits per heavy atom. The van der Waals surface area contributed by atoms with E-state index in [0.717, 1.165) is 0 Å². The van der Waals surface area contributed by atoms with E-state index in [1.54, 1.807) is 17.7 Å². The highest BCUT2D eigenvalue weighted by molar-refractivity contribution is 6.00. The van der Waals surface area contributed by atoms with Gasteiger partial charge in [-0.15, -0.1) is 0 Å². The van der Waals surface area contributed by atoms with Gasteiger partial charge in [-0.2, -0.15) is 5.10 Å². The maximum Gasteiger partial charge on any atom is 0.328 e. The molecule has 2 aromatic rings. The Kier molecular flexibility index (Phi) is 5.04. The molecule has 4 N–H and O–H groups in total. The van der Waals surface area contributed by atoms with E-state index in [4.69, 9.17) is 5.73 Å². The minimum atomic E-state index is -1.45. The number of aryl methyl sites for hydroxylation is 1. The van der Waals surface area contributed by atoms with Crippen molar-refractivity contribution in [2.24, 2.45) is 5.73 Å². The molecule has 0 atom stereocenters. The second kappa shape index (κ2) is 7.19. The summed E-state index contributed by atoms with van der Waals surface area (Å²) in [5.74, 6) is -2.25. The van der Waals surface area contributed by atoms with Crippen LogP contribution in [0.1, 0.15) is 35.5 Å². The number of amides is 3. The van der Waals surface area contributed by atoms with Crippen LogP contribution in [-0.2, 0) is 17.9 Å². The molecule has 2 heterocycles. The normalized spacial score (nSPS) is 13.7. The molecule has 0 spiro atoms. The number of fused-ring (bicyclic) bond motifs is 1. The van der Waals surface area contributed by atoms with E-state index in [9.17, 15) is 23.9 Å². The van der Waals surface area contributed by atoms with Crippen molar-refractivity contribution in [1.29, 1.82) is 0 Å². The zero-order valence-electron chi connectivity index (χ0n) is 16.3. The molecule has 1 aliphatic rings. The molecule has 3 rings (SSSR count). The molecule has 1 aromatic carbocycles. The molecule has 10 heteroatoms. The third-order valence-electron chi connectivity index (χ3n) is 4.90. The highest BCUT2D eigenvalue weighted by Gasteiger charge is 2.34. The molecule has 0 radical (unpaired) electrons. The van der Waals surface area contributed by atoms with Gasteiger partial charge in [0, 0.05) is 12.1 Å². The number of carboxylic acid groups (broad SMARTS) is 1. The van der Waals surface area contributed by atoms with Gasteiger partial charge in [-0.3, -0.25) is 9.48 Å². The van der Waals surface area contributed by atoms with Gasteiger partial charge in [0.15, 0.2) is 0 Å². The number of primary amides is 1. The first kappa shape index (κ1) is 20.3. The minimum Gasteiger partial charge on any atom is -0.480 e. The Bertz CT molecular complexity index is 1010. The molecular formula is C19H22FN5O4. The number of urea groups is 1. The number of aromatic nitrogens is 2. The Morgan fingerprint density at radius 1 is 1.28 bits per heavy atom. The molecule has 29 heavy (non-hydrogen) atoms. The first-order valence-electron chi connectivity index (χ1n) is 8.97. The number of nitrogens with two attached hydrogens (primary N) is 1. The number of aliphatic carboxylic acids is 1. The van der Waals surface area contributed by atoms with Crippen LogP contribution in [0.5, 0.6) is 0 Å². The Balaban J connectivity index is 1.95. The Morgan fingerprint density at radius 3 is 2.55 bits per heavy atom. The van der Waals surface area contributed by atoms with Gasteiger partial charge in [-0.25, -0.2) is 14.0 Å². The predicted molar refractivity (Wildman–Crippen MR) is 102 cm³/mol. The zero-order valence-corrected chi connectivity index (χ0v) is 16.3. The lowest BCUT2D eigenvalue weighted by Crippen LogP contribution is -2.55. The fourth-order valence-corrected chi connectivity index (χ4v) is 3.14. The highest BCUT2D eigenvalue weighted by atomic mass is 19.1. The average Bonchev–Trinajstić information content (AvgIpc) is 3.02. The largest absolute Gasteiger partial charge is 0.480 e. The molecule has 9 nitrogen and oxygen atoms in total. The quantitative estimate of drug-likeness (QED) is 0.712. The predicted octanol–water partition coefficient (Wildman–Crippen LogP) is 1.48. The summed E-state index contributed by atoms with van der Waals surface area (Å²) in [6.45, 7) is 4.98. The third kappa shape index (κ3) is 3.78. The molecule has 0 bridgehead atoms. The number of nitrogens with one attached hydrogen (secondary N) is 1. The molecule has 3 amide bonds. The number of rotatable bonds is 4. The van der Waals surface area contributed by atoms with Gasteiger partial charge >= 0.3 is 12.0 Å². The first-order chi connectivity index (χ1) is 13.5. The smallest absolute Gasteiger partial charge is 0.328 e. The number of carboxylic acids is 1. The molecule has 0 unspecified atom stereocenters. The molecular weight excluding hydrogens is 381 g/mol. The van der Waals surface area contributed by atoms with Crippen LogP contribution in [0.15, 0.2) is 18.2 Å². The van der Waals surface area contributed by atoms with Crippen molar-refractivity contribution in [3.8, 4) is 11.3 Å². The van der Waals surface area contributed by atoms with Gasteiger partial charge < -0.3 is 21.1 Å². The zero-order chi connectivity index (χ0) is 21.5. The van der Waals surface area contributed by atoms with Crippen LogP contribution in [0, 0.1) is 12.7 Å². The third-order valence-corrected chi connectivity index (χ3v) is 4.90. The molecule has 154 valence electrons. The molecule has 0 aliphatic carbocycles. The fourth-order valence-electron chi connectivity index (χ4n) is 3.14. The summed E-state index contributed by atoms with van der Waals surface area (Å²) < 4.78 is 15.2. The van der Waals surface area contributed by atoms with Crippen LogP contribution in [0.2, 0.25) is 0 Å². The van der Waals surface area contributed by atoms with E-state index in [0.29, 0.717) is 29.1 Å². The summed E-state index contributed by atoms with van der Waals surface area (Å²) in [6, 6.07) is 3.82. The molecule has 0 saturated heterocycles. The van der Waals surface area contributed by atoms with Gasteiger partial charge in [-0.1, -0.05) is 0 Å². The molecule has 0 fully saturated rings. The molecule has 1 aromatic heterocycles. The van der Waals surface area contributed by atoms with E-state index < -0.39 is 23.4 Å². The standard InChI is InChI=1S/C19H22FN5O4/c1-10-8-11(4-5-12(10)20)15-14(16(21)26)13-9-24(6-7-25(13)23-15)18(29)22-19(2,3)17(27)28/h4-5,8H,6-7,9H2,1-3H3,(H2,21,26)(H,22,29)(H,27,28). The van der Waals surface area contributed by atoms with Crippen LogP contribution in [0.25, 0.3) is 11.3 Å². The first-order valence-corrected chi connectivity index (χ1v) is 8.97. The summed E-state index contributed by atoms with van der Waals surface area (Å²) >= 11 is 0. The lowest BCUT2D eigenvalue weighted by atomic mass is 10.0. The number of benzene rings is 1. The second-order valence-corrected chi connectivity index (χ2v) is 7.50. The molecule has 0 saturated carbocycles. The van der Waals surface area contributed by atoms with Crippen molar-refractivity contribution < 1.29 is 23.9 Å². The highest BCUT2D eigenvalue weighted by Crippen LogP contribution is 2.29. The lowest BCUT2D eigenvalue weighted by Gasteiger charge is -2.31. The van der Waals surface area contributed by atoms with Gasteiger partial charge in [0.05, 0.1) is 24.3 Å². The van der Waals surface area contributed by atoms with Crippen molar-refractivity contribution in [3.63, 3.8) is 0 Å². The van der Waals surface area contributed by atoms with Crippen LogP contribution in [0.4, 0.5) is 9.18 Å². The van der Waals surface area contributed by atoms with E-state index in [1.165, 1.54) is 30.9 Å². The van der Waals surface area contributed by atoms with Crippen molar-refractivity contribution in [2.45, 2.75) is 39.4 Å². The molecule has 1 aliphatic heterocycles. The topological polar surface area (TPSA) is 131 Å². The van der Waals surface area contributed by atoms with Crippen LogP contribution in [0.3, 0.4) is 0 Å². The summed E-state index contributed by atoms with van der Waals surface area (Å²) in [6.07, 6.45) is 0. The van der Waals surface area contributed by atoms with E-state index in [2.05, 4.69) is 10.4 Å². The van der Waals surface area contributed by atoms with Crippen LogP contribution in [-0.4, -0.2) is 49.8 Å². The van der Waals surface area contributed by atoms with E-state index in [1.807, 2.05) is 0 Å². The number of carbonyl (C=O) groups excluding carboxylic acids is 2. The van der Waals surface area contributed by atoms with Crippen molar-refractivity contribution in [2.75, 3.05) is 6.54 Å². The number of hydrogen-bond acceptors (Lipinski definition) is 4. The maximum atomic E-state index is 13.6. The number of hydrogen-bond donors (Lipinski definition) is 3. The Hall–Kier alpha value is -3.43.